The number of nitrogens with one attached hydrogen (secondary N) is 1. The summed E-state index contributed by atoms with van der Waals surface area (Å²) in [5, 5.41) is 4.17. The second kappa shape index (κ2) is 7.66. The molecule has 1 aliphatic rings. The van der Waals surface area contributed by atoms with Crippen LogP contribution in [-0.4, -0.2) is 33.4 Å². The Kier molecular flexibility index (Phi) is 5.07. The van der Waals surface area contributed by atoms with Crippen LogP contribution < -0.4 is 11.1 Å². The molecule has 4 rings (SSSR count). The second-order valence-electron chi connectivity index (χ2n) is 6.90. The lowest BCUT2D eigenvalue weighted by molar-refractivity contribution is -0.131. The van der Waals surface area contributed by atoms with Crippen molar-refractivity contribution in [2.75, 3.05) is 18.4 Å². The van der Waals surface area contributed by atoms with Crippen LogP contribution in [0.25, 0.3) is 11.3 Å². The van der Waals surface area contributed by atoms with E-state index in [0.717, 1.165) is 28.6 Å². The third kappa shape index (κ3) is 3.61. The van der Waals surface area contributed by atoms with E-state index in [-0.39, 0.29) is 12.5 Å². The maximum atomic E-state index is 12.0. The minimum Gasteiger partial charge on any atom is -0.340 e. The highest BCUT2D eigenvalue weighted by molar-refractivity contribution is 6.30. The highest BCUT2D eigenvalue weighted by Gasteiger charge is 2.26. The highest BCUT2D eigenvalue weighted by Crippen LogP contribution is 2.34. The van der Waals surface area contributed by atoms with Crippen molar-refractivity contribution in [3.63, 3.8) is 0 Å². The zero-order chi connectivity index (χ0) is 19.7. The number of aromatic nitrogens is 2. The Balaban J connectivity index is 1.77. The molecule has 0 aliphatic carbocycles. The minimum absolute atomic E-state index is 0.0103. The van der Waals surface area contributed by atoms with E-state index in [2.05, 4.69) is 28.9 Å². The number of fused-ring (bicyclic) bond motifs is 1. The number of halogens is 1. The number of hydrogen-bond donors (Lipinski definition) is 2. The lowest BCUT2D eigenvalue weighted by Crippen LogP contribution is -2.41. The van der Waals surface area contributed by atoms with E-state index in [1.807, 2.05) is 36.4 Å². The number of nitrogens with zero attached hydrogens (tertiary/aromatic N) is 3. The quantitative estimate of drug-likeness (QED) is 0.708. The first-order chi connectivity index (χ1) is 13.5. The van der Waals surface area contributed by atoms with E-state index in [1.165, 1.54) is 5.56 Å². The molecular weight excluding hydrogens is 374 g/mol. The van der Waals surface area contributed by atoms with Gasteiger partial charge in [-0.1, -0.05) is 41.4 Å². The number of carbonyl (C=O) groups is 1. The summed E-state index contributed by atoms with van der Waals surface area (Å²) in [6.07, 6.45) is 0. The Hall–Kier alpha value is -2.83. The van der Waals surface area contributed by atoms with E-state index < -0.39 is 0 Å². The lowest BCUT2D eigenvalue weighted by atomic mass is 10.1. The number of anilines is 2. The van der Waals surface area contributed by atoms with Gasteiger partial charge in [0.2, 0.25) is 5.91 Å². The van der Waals surface area contributed by atoms with Gasteiger partial charge in [-0.2, -0.15) is 0 Å². The monoisotopic (exact) mass is 395 g/mol. The zero-order valence-electron chi connectivity index (χ0n) is 15.7. The molecule has 0 unspecified atom stereocenters. The summed E-state index contributed by atoms with van der Waals surface area (Å²) in [7, 11) is 0. The molecule has 1 aliphatic heterocycles. The number of nitrogens with two attached hydrogens (primary N) is 1. The third-order valence-corrected chi connectivity index (χ3v) is 5.15. The van der Waals surface area contributed by atoms with Gasteiger partial charge in [-0.05, 0) is 31.2 Å². The van der Waals surface area contributed by atoms with Crippen molar-refractivity contribution in [1.82, 2.24) is 14.5 Å². The summed E-state index contributed by atoms with van der Waals surface area (Å²) in [6, 6.07) is 15.9. The van der Waals surface area contributed by atoms with Crippen LogP contribution in [0.2, 0.25) is 5.02 Å². The van der Waals surface area contributed by atoms with Crippen molar-refractivity contribution >= 4 is 29.0 Å². The van der Waals surface area contributed by atoms with E-state index in [4.69, 9.17) is 22.3 Å². The molecule has 0 saturated heterocycles. The molecule has 1 amide bonds. The molecule has 0 spiro atoms. The second-order valence-corrected chi connectivity index (χ2v) is 7.33. The number of benzene rings is 2. The first-order valence-corrected chi connectivity index (χ1v) is 9.60. The molecule has 144 valence electrons. The molecule has 2 heterocycles. The number of carbonyl (C=O) groups excluding carboxylic acids is 1. The SMILES string of the molecule is Cc1ccc(Nc2c(-c3cccc(Cl)c3)nc3n2CCN(C(=O)CN)C3)cc1. The molecule has 3 N–H and O–H groups in total. The van der Waals surface area contributed by atoms with E-state index in [9.17, 15) is 4.79 Å². The van der Waals surface area contributed by atoms with Gasteiger partial charge >= 0.3 is 0 Å². The van der Waals surface area contributed by atoms with Crippen molar-refractivity contribution in [3.8, 4) is 11.3 Å². The van der Waals surface area contributed by atoms with E-state index >= 15 is 0 Å². The zero-order valence-corrected chi connectivity index (χ0v) is 16.4. The maximum absolute atomic E-state index is 12.0. The predicted octanol–water partition coefficient (Wildman–Crippen LogP) is 3.56. The van der Waals surface area contributed by atoms with Gasteiger partial charge < -0.3 is 20.5 Å². The van der Waals surface area contributed by atoms with Gasteiger partial charge in [0.25, 0.3) is 0 Å². The maximum Gasteiger partial charge on any atom is 0.236 e. The van der Waals surface area contributed by atoms with Gasteiger partial charge in [-0.25, -0.2) is 4.98 Å². The van der Waals surface area contributed by atoms with Gasteiger partial charge in [0.05, 0.1) is 13.1 Å². The average Bonchev–Trinajstić information content (AvgIpc) is 3.06. The standard InChI is InChI=1S/C21H22ClN5O/c1-14-5-7-17(8-6-14)24-21-20(15-3-2-4-16(22)11-15)25-18-13-26(19(28)12-23)9-10-27(18)21/h2-8,11,24H,9-10,12-13,23H2,1H3. The first kappa shape index (κ1) is 18.5. The topological polar surface area (TPSA) is 76.2 Å². The molecule has 3 aromatic rings. The number of imidazole rings is 1. The van der Waals surface area contributed by atoms with E-state index in [1.54, 1.807) is 4.90 Å². The molecule has 0 radical (unpaired) electrons. The fourth-order valence-electron chi connectivity index (χ4n) is 3.41. The Morgan fingerprint density at radius 1 is 1.21 bits per heavy atom. The molecule has 0 atom stereocenters. The smallest absolute Gasteiger partial charge is 0.236 e. The van der Waals surface area contributed by atoms with Crippen LogP contribution in [0.4, 0.5) is 11.5 Å². The van der Waals surface area contributed by atoms with Crippen molar-refractivity contribution < 1.29 is 4.79 Å². The molecule has 28 heavy (non-hydrogen) atoms. The van der Waals surface area contributed by atoms with Crippen LogP contribution in [-0.2, 0) is 17.9 Å². The van der Waals surface area contributed by atoms with Gasteiger partial charge in [-0.3, -0.25) is 4.79 Å². The molecule has 2 aromatic carbocycles. The van der Waals surface area contributed by atoms with Gasteiger partial charge in [0.1, 0.15) is 17.3 Å². The van der Waals surface area contributed by atoms with Gasteiger partial charge in [0, 0.05) is 29.4 Å². The van der Waals surface area contributed by atoms with Crippen LogP contribution in [0.1, 0.15) is 11.4 Å². The third-order valence-electron chi connectivity index (χ3n) is 4.91. The van der Waals surface area contributed by atoms with Crippen LogP contribution in [0.5, 0.6) is 0 Å². The van der Waals surface area contributed by atoms with Crippen molar-refractivity contribution in [2.45, 2.75) is 20.0 Å². The van der Waals surface area contributed by atoms with Gasteiger partial charge in [-0.15, -0.1) is 0 Å². The molecule has 0 fully saturated rings. The molecule has 0 saturated carbocycles. The minimum atomic E-state index is -0.0633. The average molecular weight is 396 g/mol. The molecule has 0 bridgehead atoms. The van der Waals surface area contributed by atoms with Crippen molar-refractivity contribution in [1.29, 1.82) is 0 Å². The normalized spacial score (nSPS) is 13.3. The Labute approximate surface area is 168 Å². The number of aryl methyl sites for hydroxylation is 1. The molecule has 6 nitrogen and oxygen atoms in total. The lowest BCUT2D eigenvalue weighted by Gasteiger charge is -2.28. The summed E-state index contributed by atoms with van der Waals surface area (Å²) < 4.78 is 2.14. The Bertz CT molecular complexity index is 1010. The Morgan fingerprint density at radius 3 is 2.71 bits per heavy atom. The molecule has 7 heteroatoms. The molecule has 1 aromatic heterocycles. The predicted molar refractivity (Wildman–Crippen MR) is 112 cm³/mol. The number of rotatable bonds is 4. The summed E-state index contributed by atoms with van der Waals surface area (Å²) in [5.74, 6) is 1.67. The summed E-state index contributed by atoms with van der Waals surface area (Å²) in [5.41, 5.74) is 9.47. The van der Waals surface area contributed by atoms with Crippen molar-refractivity contribution in [3.05, 3.63) is 64.9 Å². The fraction of sp³-hybridized carbons (Fsp3) is 0.238. The van der Waals surface area contributed by atoms with Crippen LogP contribution in [0, 0.1) is 6.92 Å². The van der Waals surface area contributed by atoms with Crippen LogP contribution in [0.3, 0.4) is 0 Å². The summed E-state index contributed by atoms with van der Waals surface area (Å²) >= 11 is 6.21. The largest absolute Gasteiger partial charge is 0.340 e. The summed E-state index contributed by atoms with van der Waals surface area (Å²) in [4.78, 5) is 18.6. The fourth-order valence-corrected chi connectivity index (χ4v) is 3.60. The van der Waals surface area contributed by atoms with Crippen LogP contribution in [0.15, 0.2) is 48.5 Å². The highest BCUT2D eigenvalue weighted by atomic mass is 35.5. The van der Waals surface area contributed by atoms with Crippen molar-refractivity contribution in [2.24, 2.45) is 5.73 Å². The van der Waals surface area contributed by atoms with Crippen LogP contribution >= 0.6 is 11.6 Å². The summed E-state index contributed by atoms with van der Waals surface area (Å²) in [6.45, 7) is 3.78. The van der Waals surface area contributed by atoms with E-state index in [0.29, 0.717) is 24.7 Å². The van der Waals surface area contributed by atoms with Gasteiger partial charge in [0.15, 0.2) is 0 Å². The number of amides is 1. The first-order valence-electron chi connectivity index (χ1n) is 9.22. The Morgan fingerprint density at radius 2 is 2.00 bits per heavy atom. The molecular formula is C21H22ClN5O. The number of hydrogen-bond acceptors (Lipinski definition) is 4.